The molecular formula is C13H27N. The normalized spacial score (nSPS) is 20.6. The monoisotopic (exact) mass is 197 g/mol. The van der Waals surface area contributed by atoms with Crippen LogP contribution < -0.4 is 0 Å². The van der Waals surface area contributed by atoms with Gasteiger partial charge in [-0.25, -0.2) is 0 Å². The lowest BCUT2D eigenvalue weighted by molar-refractivity contribution is 0.0781. The van der Waals surface area contributed by atoms with Crippen LogP contribution in [0.2, 0.25) is 0 Å². The van der Waals surface area contributed by atoms with Gasteiger partial charge in [0.1, 0.15) is 0 Å². The molecule has 0 aromatic rings. The van der Waals surface area contributed by atoms with Crippen LogP contribution >= 0.6 is 0 Å². The summed E-state index contributed by atoms with van der Waals surface area (Å²) in [6.07, 6.45) is 5.77. The molecule has 84 valence electrons. The molecule has 1 unspecified atom stereocenters. The van der Waals surface area contributed by atoms with Crippen LogP contribution in [0.3, 0.4) is 0 Å². The molecule has 1 aliphatic carbocycles. The van der Waals surface area contributed by atoms with Gasteiger partial charge in [0.2, 0.25) is 0 Å². The second-order valence-corrected chi connectivity index (χ2v) is 5.65. The highest BCUT2D eigenvalue weighted by Crippen LogP contribution is 2.35. The van der Waals surface area contributed by atoms with Crippen LogP contribution in [-0.4, -0.2) is 24.0 Å². The third-order valence-electron chi connectivity index (χ3n) is 3.74. The SMILES string of the molecule is CC(C)CC(C1CCC1)N(C)C(C)C. The topological polar surface area (TPSA) is 3.24 Å². The molecule has 1 atom stereocenters. The maximum atomic E-state index is 2.59. The lowest BCUT2D eigenvalue weighted by Gasteiger charge is -2.42. The quantitative estimate of drug-likeness (QED) is 0.651. The first-order valence-electron chi connectivity index (χ1n) is 6.24. The number of hydrogen-bond acceptors (Lipinski definition) is 1. The predicted molar refractivity (Wildman–Crippen MR) is 63.5 cm³/mol. The summed E-state index contributed by atoms with van der Waals surface area (Å²) >= 11 is 0. The van der Waals surface area contributed by atoms with E-state index in [-0.39, 0.29) is 0 Å². The third-order valence-corrected chi connectivity index (χ3v) is 3.74. The summed E-state index contributed by atoms with van der Waals surface area (Å²) in [4.78, 5) is 2.59. The Morgan fingerprint density at radius 2 is 1.71 bits per heavy atom. The molecule has 0 radical (unpaired) electrons. The van der Waals surface area contributed by atoms with Crippen molar-refractivity contribution in [1.29, 1.82) is 0 Å². The van der Waals surface area contributed by atoms with Gasteiger partial charge < -0.3 is 4.90 Å². The van der Waals surface area contributed by atoms with Crippen molar-refractivity contribution in [3.05, 3.63) is 0 Å². The molecule has 0 aliphatic heterocycles. The fraction of sp³-hybridized carbons (Fsp3) is 1.00. The highest BCUT2D eigenvalue weighted by molar-refractivity contribution is 4.85. The van der Waals surface area contributed by atoms with Gasteiger partial charge >= 0.3 is 0 Å². The zero-order valence-corrected chi connectivity index (χ0v) is 10.6. The second kappa shape index (κ2) is 5.16. The average molecular weight is 197 g/mol. The molecule has 0 heterocycles. The highest BCUT2D eigenvalue weighted by Gasteiger charge is 2.31. The highest BCUT2D eigenvalue weighted by atomic mass is 15.2. The van der Waals surface area contributed by atoms with E-state index in [4.69, 9.17) is 0 Å². The molecule has 1 saturated carbocycles. The minimum atomic E-state index is 0.694. The van der Waals surface area contributed by atoms with Crippen LogP contribution in [0.5, 0.6) is 0 Å². The van der Waals surface area contributed by atoms with E-state index < -0.39 is 0 Å². The molecule has 0 aromatic heterocycles. The molecule has 1 fully saturated rings. The summed E-state index contributed by atoms with van der Waals surface area (Å²) in [7, 11) is 2.30. The molecule has 0 saturated heterocycles. The summed E-state index contributed by atoms with van der Waals surface area (Å²) < 4.78 is 0. The van der Waals surface area contributed by atoms with Crippen LogP contribution in [0.4, 0.5) is 0 Å². The van der Waals surface area contributed by atoms with Crippen LogP contribution in [0.1, 0.15) is 53.4 Å². The van der Waals surface area contributed by atoms with Gasteiger partial charge in [-0.2, -0.15) is 0 Å². The largest absolute Gasteiger partial charge is 0.301 e. The predicted octanol–water partition coefficient (Wildman–Crippen LogP) is 3.54. The number of rotatable bonds is 5. The number of nitrogens with zero attached hydrogens (tertiary/aromatic N) is 1. The molecule has 14 heavy (non-hydrogen) atoms. The molecule has 0 amide bonds. The molecule has 1 aliphatic rings. The van der Waals surface area contributed by atoms with Crippen molar-refractivity contribution in [3.63, 3.8) is 0 Å². The molecule has 0 bridgehead atoms. The van der Waals surface area contributed by atoms with Gasteiger partial charge in [-0.05, 0) is 52.0 Å². The van der Waals surface area contributed by atoms with Gasteiger partial charge in [0.25, 0.3) is 0 Å². The van der Waals surface area contributed by atoms with Crippen molar-refractivity contribution < 1.29 is 0 Å². The van der Waals surface area contributed by atoms with Gasteiger partial charge in [-0.1, -0.05) is 20.3 Å². The summed E-state index contributed by atoms with van der Waals surface area (Å²) in [5.41, 5.74) is 0. The van der Waals surface area contributed by atoms with Crippen LogP contribution in [-0.2, 0) is 0 Å². The van der Waals surface area contributed by atoms with Gasteiger partial charge in [0, 0.05) is 12.1 Å². The van der Waals surface area contributed by atoms with E-state index in [1.165, 1.54) is 25.7 Å². The smallest absolute Gasteiger partial charge is 0.0126 e. The van der Waals surface area contributed by atoms with E-state index in [9.17, 15) is 0 Å². The summed E-state index contributed by atoms with van der Waals surface area (Å²) in [6, 6.07) is 1.53. The van der Waals surface area contributed by atoms with E-state index in [0.717, 1.165) is 17.9 Å². The summed E-state index contributed by atoms with van der Waals surface area (Å²) in [6.45, 7) is 9.32. The van der Waals surface area contributed by atoms with Crippen molar-refractivity contribution >= 4 is 0 Å². The van der Waals surface area contributed by atoms with E-state index in [1.807, 2.05) is 0 Å². The Bertz CT molecular complexity index is 159. The fourth-order valence-electron chi connectivity index (χ4n) is 2.38. The first-order valence-corrected chi connectivity index (χ1v) is 6.24. The summed E-state index contributed by atoms with van der Waals surface area (Å²) in [5, 5.41) is 0. The molecule has 0 N–H and O–H groups in total. The van der Waals surface area contributed by atoms with Crippen molar-refractivity contribution in [3.8, 4) is 0 Å². The van der Waals surface area contributed by atoms with E-state index in [1.54, 1.807) is 0 Å². The first-order chi connectivity index (χ1) is 6.52. The molecule has 1 nitrogen and oxygen atoms in total. The summed E-state index contributed by atoms with van der Waals surface area (Å²) in [5.74, 6) is 1.83. The van der Waals surface area contributed by atoms with E-state index in [2.05, 4.69) is 39.6 Å². The third kappa shape index (κ3) is 2.98. The van der Waals surface area contributed by atoms with Crippen molar-refractivity contribution in [2.24, 2.45) is 11.8 Å². The Morgan fingerprint density at radius 3 is 2.00 bits per heavy atom. The first kappa shape index (κ1) is 12.0. The molecule has 1 heteroatoms. The van der Waals surface area contributed by atoms with Crippen LogP contribution in [0.25, 0.3) is 0 Å². The zero-order valence-electron chi connectivity index (χ0n) is 10.6. The van der Waals surface area contributed by atoms with Crippen LogP contribution in [0, 0.1) is 11.8 Å². The Hall–Kier alpha value is -0.0400. The van der Waals surface area contributed by atoms with Gasteiger partial charge in [-0.15, -0.1) is 0 Å². The molecular weight excluding hydrogens is 170 g/mol. The Morgan fingerprint density at radius 1 is 1.14 bits per heavy atom. The van der Waals surface area contributed by atoms with Crippen molar-refractivity contribution in [2.75, 3.05) is 7.05 Å². The standard InChI is InChI=1S/C13H27N/c1-10(2)9-13(12-7-6-8-12)14(5)11(3)4/h10-13H,6-9H2,1-5H3. The molecule has 0 spiro atoms. The minimum absolute atomic E-state index is 0.694. The number of hydrogen-bond donors (Lipinski definition) is 0. The van der Waals surface area contributed by atoms with Crippen LogP contribution in [0.15, 0.2) is 0 Å². The lowest BCUT2D eigenvalue weighted by Crippen LogP contribution is -2.45. The Balaban J connectivity index is 2.51. The minimum Gasteiger partial charge on any atom is -0.301 e. The fourth-order valence-corrected chi connectivity index (χ4v) is 2.38. The zero-order chi connectivity index (χ0) is 10.7. The van der Waals surface area contributed by atoms with E-state index >= 15 is 0 Å². The maximum absolute atomic E-state index is 2.59. The molecule has 1 rings (SSSR count). The van der Waals surface area contributed by atoms with Gasteiger partial charge in [0.05, 0.1) is 0 Å². The van der Waals surface area contributed by atoms with Crippen molar-refractivity contribution in [2.45, 2.75) is 65.5 Å². The molecule has 0 aromatic carbocycles. The maximum Gasteiger partial charge on any atom is 0.0126 e. The Kier molecular flexibility index (Phi) is 4.43. The average Bonchev–Trinajstić information content (AvgIpc) is 1.97. The van der Waals surface area contributed by atoms with Gasteiger partial charge in [0.15, 0.2) is 0 Å². The van der Waals surface area contributed by atoms with Crippen molar-refractivity contribution in [1.82, 2.24) is 4.90 Å². The van der Waals surface area contributed by atoms with E-state index in [0.29, 0.717) is 6.04 Å². The Labute approximate surface area is 89.9 Å². The van der Waals surface area contributed by atoms with Gasteiger partial charge in [-0.3, -0.25) is 0 Å². The second-order valence-electron chi connectivity index (χ2n) is 5.65. The lowest BCUT2D eigenvalue weighted by atomic mass is 9.76.